The highest BCUT2D eigenvalue weighted by Gasteiger charge is 2.26. The molecule has 3 heteroatoms. The lowest BCUT2D eigenvalue weighted by Crippen LogP contribution is -2.29. The van der Waals surface area contributed by atoms with Crippen molar-refractivity contribution in [3.05, 3.63) is 28.8 Å². The second kappa shape index (κ2) is 5.93. The minimum Gasteiger partial charge on any atom is -0.496 e. The first-order valence-corrected chi connectivity index (χ1v) is 6.76. The maximum atomic E-state index is 10.5. The summed E-state index contributed by atoms with van der Waals surface area (Å²) in [5.41, 5.74) is 3.11. The number of aliphatic hydroxyl groups excluding tert-OH is 1. The first-order chi connectivity index (χ1) is 8.72. The van der Waals surface area contributed by atoms with Gasteiger partial charge >= 0.3 is 0 Å². The molecule has 0 aliphatic heterocycles. The molecule has 0 aliphatic rings. The van der Waals surface area contributed by atoms with Crippen LogP contribution in [0.2, 0.25) is 0 Å². The molecule has 3 nitrogen and oxygen atoms in total. The van der Waals surface area contributed by atoms with Gasteiger partial charge in [0.2, 0.25) is 0 Å². The highest BCUT2D eigenvalue weighted by atomic mass is 16.5. The number of ether oxygens (including phenoxy) is 1. The molecule has 0 heterocycles. The van der Waals surface area contributed by atoms with Crippen LogP contribution >= 0.6 is 0 Å². The van der Waals surface area contributed by atoms with E-state index in [9.17, 15) is 5.11 Å². The van der Waals surface area contributed by atoms with Gasteiger partial charge in [-0.25, -0.2) is 0 Å². The van der Waals surface area contributed by atoms with Crippen LogP contribution in [-0.2, 0) is 5.41 Å². The van der Waals surface area contributed by atoms with Crippen molar-refractivity contribution >= 4 is 0 Å². The van der Waals surface area contributed by atoms with E-state index in [0.29, 0.717) is 0 Å². The number of hydrogen-bond acceptors (Lipinski definition) is 3. The fraction of sp³-hybridized carbons (Fsp3) is 0.625. The molecule has 19 heavy (non-hydrogen) atoms. The van der Waals surface area contributed by atoms with Crippen molar-refractivity contribution in [2.24, 2.45) is 0 Å². The minimum absolute atomic E-state index is 0.0191. The van der Waals surface area contributed by atoms with Crippen molar-refractivity contribution < 1.29 is 9.84 Å². The van der Waals surface area contributed by atoms with Crippen LogP contribution in [-0.4, -0.2) is 25.3 Å². The third kappa shape index (κ3) is 3.48. The van der Waals surface area contributed by atoms with Gasteiger partial charge in [-0.05, 0) is 32.4 Å². The zero-order valence-corrected chi connectivity index (χ0v) is 13.2. The summed E-state index contributed by atoms with van der Waals surface area (Å²) >= 11 is 0. The summed E-state index contributed by atoms with van der Waals surface area (Å²) in [6.07, 6.45) is -0.582. The van der Waals surface area contributed by atoms with Crippen LogP contribution in [0, 0.1) is 6.92 Å². The SMILES string of the molecule is CNC(C)C(O)c1cc(C)cc(C(C)(C)C)c1OC. The Hall–Kier alpha value is -1.06. The van der Waals surface area contributed by atoms with E-state index in [1.54, 1.807) is 7.11 Å². The second-order valence-electron chi connectivity index (χ2n) is 6.21. The monoisotopic (exact) mass is 265 g/mol. The lowest BCUT2D eigenvalue weighted by Gasteiger charge is -2.28. The van der Waals surface area contributed by atoms with Crippen molar-refractivity contribution in [2.45, 2.75) is 52.2 Å². The molecular formula is C16H27NO2. The van der Waals surface area contributed by atoms with E-state index in [-0.39, 0.29) is 11.5 Å². The predicted molar refractivity (Wildman–Crippen MR) is 79.9 cm³/mol. The number of rotatable bonds is 4. The van der Waals surface area contributed by atoms with Gasteiger partial charge < -0.3 is 15.2 Å². The normalized spacial score (nSPS) is 15.2. The van der Waals surface area contributed by atoms with Gasteiger partial charge in [0.1, 0.15) is 5.75 Å². The van der Waals surface area contributed by atoms with Crippen LogP contribution < -0.4 is 10.1 Å². The number of methoxy groups -OCH3 is 1. The van der Waals surface area contributed by atoms with Crippen LogP contribution in [0.1, 0.15) is 50.5 Å². The van der Waals surface area contributed by atoms with Crippen LogP contribution in [0.3, 0.4) is 0 Å². The molecule has 0 aromatic heterocycles. The molecule has 0 radical (unpaired) electrons. The van der Waals surface area contributed by atoms with Gasteiger partial charge in [0.05, 0.1) is 13.2 Å². The number of aliphatic hydroxyl groups is 1. The average Bonchev–Trinajstić information content (AvgIpc) is 2.34. The van der Waals surface area contributed by atoms with Crippen molar-refractivity contribution in [1.29, 1.82) is 0 Å². The Morgan fingerprint density at radius 3 is 2.26 bits per heavy atom. The van der Waals surface area contributed by atoms with Gasteiger partial charge in [-0.1, -0.05) is 32.4 Å². The van der Waals surface area contributed by atoms with Gasteiger partial charge in [0.15, 0.2) is 0 Å². The summed E-state index contributed by atoms with van der Waals surface area (Å²) in [4.78, 5) is 0. The number of likely N-dealkylation sites (N-methyl/N-ethyl adjacent to an activating group) is 1. The Balaban J connectivity index is 3.43. The third-order valence-corrected chi connectivity index (χ3v) is 3.52. The van der Waals surface area contributed by atoms with E-state index in [2.05, 4.69) is 39.1 Å². The van der Waals surface area contributed by atoms with E-state index in [1.165, 1.54) is 0 Å². The number of benzene rings is 1. The molecule has 1 aromatic carbocycles. The molecule has 0 fully saturated rings. The molecule has 0 saturated heterocycles. The molecule has 0 saturated carbocycles. The summed E-state index contributed by atoms with van der Waals surface area (Å²) in [5.74, 6) is 0.799. The standard InChI is InChI=1S/C16H27NO2/c1-10-8-12(14(18)11(2)17-6)15(19-7)13(9-10)16(3,4)5/h8-9,11,14,17-18H,1-7H3. The summed E-state index contributed by atoms with van der Waals surface area (Å²) in [6, 6.07) is 4.12. The molecule has 2 N–H and O–H groups in total. The molecule has 0 spiro atoms. The van der Waals surface area contributed by atoms with Gasteiger partial charge in [-0.15, -0.1) is 0 Å². The van der Waals surface area contributed by atoms with E-state index in [4.69, 9.17) is 4.74 Å². The van der Waals surface area contributed by atoms with Gasteiger partial charge in [-0.2, -0.15) is 0 Å². The maximum absolute atomic E-state index is 10.5. The van der Waals surface area contributed by atoms with Gasteiger partial charge in [0.25, 0.3) is 0 Å². The van der Waals surface area contributed by atoms with Crippen molar-refractivity contribution in [3.63, 3.8) is 0 Å². The Bertz CT molecular complexity index is 435. The zero-order valence-electron chi connectivity index (χ0n) is 13.2. The van der Waals surface area contributed by atoms with Gasteiger partial charge in [-0.3, -0.25) is 0 Å². The van der Waals surface area contributed by atoms with Crippen LogP contribution in [0.25, 0.3) is 0 Å². The highest BCUT2D eigenvalue weighted by molar-refractivity contribution is 5.49. The molecule has 1 rings (SSSR count). The van der Waals surface area contributed by atoms with E-state index in [0.717, 1.165) is 22.4 Å². The molecular weight excluding hydrogens is 238 g/mol. The van der Waals surface area contributed by atoms with Crippen molar-refractivity contribution in [1.82, 2.24) is 5.32 Å². The van der Waals surface area contributed by atoms with E-state index < -0.39 is 6.10 Å². The molecule has 0 bridgehead atoms. The molecule has 0 amide bonds. The Kier molecular flexibility index (Phi) is 4.99. The van der Waals surface area contributed by atoms with Crippen molar-refractivity contribution in [3.8, 4) is 5.75 Å². The largest absolute Gasteiger partial charge is 0.496 e. The number of hydrogen-bond donors (Lipinski definition) is 2. The Morgan fingerprint density at radius 1 is 1.26 bits per heavy atom. The van der Waals surface area contributed by atoms with Gasteiger partial charge in [0, 0.05) is 17.2 Å². The molecule has 1 aromatic rings. The van der Waals surface area contributed by atoms with E-state index in [1.807, 2.05) is 20.0 Å². The first kappa shape index (κ1) is 16.0. The van der Waals surface area contributed by atoms with Crippen LogP contribution in [0.15, 0.2) is 12.1 Å². The van der Waals surface area contributed by atoms with Crippen LogP contribution in [0.4, 0.5) is 0 Å². The quantitative estimate of drug-likeness (QED) is 0.879. The summed E-state index contributed by atoms with van der Waals surface area (Å²) in [6.45, 7) is 10.5. The third-order valence-electron chi connectivity index (χ3n) is 3.52. The summed E-state index contributed by atoms with van der Waals surface area (Å²) in [5, 5.41) is 13.6. The highest BCUT2D eigenvalue weighted by Crippen LogP contribution is 2.38. The fourth-order valence-corrected chi connectivity index (χ4v) is 2.23. The molecule has 2 atom stereocenters. The minimum atomic E-state index is -0.582. The number of nitrogens with one attached hydrogen (secondary N) is 1. The predicted octanol–water partition coefficient (Wildman–Crippen LogP) is 2.94. The maximum Gasteiger partial charge on any atom is 0.128 e. The average molecular weight is 265 g/mol. The number of aryl methyl sites for hydroxylation is 1. The second-order valence-corrected chi connectivity index (χ2v) is 6.21. The fourth-order valence-electron chi connectivity index (χ4n) is 2.23. The molecule has 108 valence electrons. The Labute approximate surface area is 117 Å². The Morgan fingerprint density at radius 2 is 1.84 bits per heavy atom. The smallest absolute Gasteiger partial charge is 0.128 e. The zero-order chi connectivity index (χ0) is 14.8. The van der Waals surface area contributed by atoms with E-state index >= 15 is 0 Å². The lowest BCUT2D eigenvalue weighted by molar-refractivity contribution is 0.136. The van der Waals surface area contributed by atoms with Crippen molar-refractivity contribution in [2.75, 3.05) is 14.2 Å². The molecule has 0 aliphatic carbocycles. The molecule has 2 unspecified atom stereocenters. The topological polar surface area (TPSA) is 41.5 Å². The lowest BCUT2D eigenvalue weighted by atomic mass is 9.83. The summed E-state index contributed by atoms with van der Waals surface area (Å²) in [7, 11) is 3.51. The first-order valence-electron chi connectivity index (χ1n) is 6.76. The summed E-state index contributed by atoms with van der Waals surface area (Å²) < 4.78 is 5.59. The van der Waals surface area contributed by atoms with Crippen LogP contribution in [0.5, 0.6) is 5.75 Å².